The molecule has 1 aliphatic heterocycles. The third kappa shape index (κ3) is 5.32. The second-order valence-corrected chi connectivity index (χ2v) is 7.70. The van der Waals surface area contributed by atoms with Crippen LogP contribution in [-0.4, -0.2) is 61.4 Å². The molecule has 8 heteroatoms. The number of ether oxygens (including phenoxy) is 2. The largest absolute Gasteiger partial charge is 0.377 e. The van der Waals surface area contributed by atoms with Crippen molar-refractivity contribution in [2.45, 2.75) is 13.2 Å². The lowest BCUT2D eigenvalue weighted by Crippen LogP contribution is -2.46. The van der Waals surface area contributed by atoms with E-state index in [1.807, 2.05) is 30.3 Å². The average Bonchev–Trinajstić information content (AvgIpc) is 3.16. The predicted octanol–water partition coefficient (Wildman–Crippen LogP) is 3.20. The van der Waals surface area contributed by atoms with Crippen LogP contribution in [0, 0.1) is 11.6 Å². The van der Waals surface area contributed by atoms with Gasteiger partial charge in [0.25, 0.3) is 5.91 Å². The zero-order valence-electron chi connectivity index (χ0n) is 17.9. The molecule has 0 spiro atoms. The van der Waals surface area contributed by atoms with Gasteiger partial charge in [0.2, 0.25) is 0 Å². The summed E-state index contributed by atoms with van der Waals surface area (Å²) in [6.07, 6.45) is 0. The first-order valence-corrected chi connectivity index (χ1v) is 10.8. The highest BCUT2D eigenvalue weighted by atomic mass is 19.2. The fourth-order valence-electron chi connectivity index (χ4n) is 3.84. The molecule has 0 radical (unpaired) electrons. The number of hydrogen-bond donors (Lipinski definition) is 1. The molecular formula is C24H27F2N3O3. The van der Waals surface area contributed by atoms with Crippen molar-refractivity contribution in [1.82, 2.24) is 14.8 Å². The summed E-state index contributed by atoms with van der Waals surface area (Å²) in [7, 11) is 0. The molecule has 1 amide bonds. The third-order valence-corrected chi connectivity index (χ3v) is 5.51. The van der Waals surface area contributed by atoms with E-state index in [9.17, 15) is 13.6 Å². The van der Waals surface area contributed by atoms with E-state index >= 15 is 0 Å². The number of piperazine rings is 1. The zero-order chi connectivity index (χ0) is 22.3. The number of fused-ring (bicyclic) bond motifs is 1. The Morgan fingerprint density at radius 3 is 2.44 bits per heavy atom. The number of halogens is 2. The van der Waals surface area contributed by atoms with Crippen molar-refractivity contribution in [2.75, 3.05) is 46.0 Å². The van der Waals surface area contributed by atoms with Crippen molar-refractivity contribution in [3.05, 3.63) is 71.4 Å². The van der Waals surface area contributed by atoms with Crippen LogP contribution in [0.25, 0.3) is 10.9 Å². The van der Waals surface area contributed by atoms with Gasteiger partial charge in [-0.05, 0) is 17.7 Å². The highest BCUT2D eigenvalue weighted by molar-refractivity contribution is 5.99. The summed E-state index contributed by atoms with van der Waals surface area (Å²) in [4.78, 5) is 14.9. The minimum Gasteiger partial charge on any atom is -0.377 e. The summed E-state index contributed by atoms with van der Waals surface area (Å²) in [6, 6.07) is 13.8. The Morgan fingerprint density at radius 2 is 1.66 bits per heavy atom. The summed E-state index contributed by atoms with van der Waals surface area (Å²) in [6.45, 7) is 4.66. The molecule has 1 aliphatic rings. The molecule has 0 saturated carbocycles. The SMILES string of the molecule is O=C(c1cc2cc(F)c(F)cc2n1CCOCCOCc1ccccc1)N1CCNCC1. The van der Waals surface area contributed by atoms with Gasteiger partial charge in [-0.2, -0.15) is 0 Å². The summed E-state index contributed by atoms with van der Waals surface area (Å²) in [5, 5.41) is 3.71. The van der Waals surface area contributed by atoms with Crippen molar-refractivity contribution in [3.63, 3.8) is 0 Å². The number of carbonyl (C=O) groups excluding carboxylic acids is 1. The number of benzene rings is 2. The summed E-state index contributed by atoms with van der Waals surface area (Å²) >= 11 is 0. The molecule has 32 heavy (non-hydrogen) atoms. The first-order valence-electron chi connectivity index (χ1n) is 10.8. The van der Waals surface area contributed by atoms with Crippen molar-refractivity contribution in [2.24, 2.45) is 0 Å². The highest BCUT2D eigenvalue weighted by Crippen LogP contribution is 2.24. The quantitative estimate of drug-likeness (QED) is 0.516. The van der Waals surface area contributed by atoms with Gasteiger partial charge in [-0.25, -0.2) is 8.78 Å². The molecule has 6 nitrogen and oxygen atoms in total. The molecule has 0 aliphatic carbocycles. The molecule has 4 rings (SSSR count). The van der Waals surface area contributed by atoms with Crippen molar-refractivity contribution < 1.29 is 23.0 Å². The second kappa shape index (κ2) is 10.7. The Morgan fingerprint density at radius 1 is 0.938 bits per heavy atom. The average molecular weight is 443 g/mol. The number of aromatic nitrogens is 1. The van der Waals surface area contributed by atoms with E-state index in [0.717, 1.165) is 30.8 Å². The summed E-state index contributed by atoms with van der Waals surface area (Å²) in [5.41, 5.74) is 1.98. The number of rotatable bonds is 9. The molecule has 1 saturated heterocycles. The molecule has 2 aromatic carbocycles. The normalized spacial score (nSPS) is 14.2. The van der Waals surface area contributed by atoms with Crippen LogP contribution in [0.1, 0.15) is 16.1 Å². The van der Waals surface area contributed by atoms with E-state index in [0.29, 0.717) is 62.7 Å². The lowest BCUT2D eigenvalue weighted by molar-refractivity contribution is 0.0378. The number of nitrogens with one attached hydrogen (secondary N) is 1. The van der Waals surface area contributed by atoms with Crippen molar-refractivity contribution >= 4 is 16.8 Å². The van der Waals surface area contributed by atoms with E-state index in [-0.39, 0.29) is 5.91 Å². The fraction of sp³-hybridized carbons (Fsp3) is 0.375. The van der Waals surface area contributed by atoms with Crippen LogP contribution in [0.2, 0.25) is 0 Å². The fourth-order valence-corrected chi connectivity index (χ4v) is 3.84. The lowest BCUT2D eigenvalue weighted by Gasteiger charge is -2.27. The van der Waals surface area contributed by atoms with E-state index in [1.54, 1.807) is 15.5 Å². The minimum absolute atomic E-state index is 0.144. The molecule has 1 N–H and O–H groups in total. The maximum Gasteiger partial charge on any atom is 0.270 e. The Bertz CT molecular complexity index is 1050. The molecule has 1 aromatic heterocycles. The van der Waals surface area contributed by atoms with Gasteiger partial charge in [0.1, 0.15) is 5.69 Å². The van der Waals surface area contributed by atoms with Crippen LogP contribution in [-0.2, 0) is 22.6 Å². The monoisotopic (exact) mass is 443 g/mol. The van der Waals surface area contributed by atoms with Crippen LogP contribution in [0.5, 0.6) is 0 Å². The van der Waals surface area contributed by atoms with Crippen LogP contribution >= 0.6 is 0 Å². The van der Waals surface area contributed by atoms with E-state index in [4.69, 9.17) is 9.47 Å². The summed E-state index contributed by atoms with van der Waals surface area (Å²) < 4.78 is 40.7. The standard InChI is InChI=1S/C24H27F2N3O3/c25-20-14-19-15-23(24(30)28-8-6-27-7-9-28)29(22(19)16-21(20)26)10-11-31-12-13-32-17-18-4-2-1-3-5-18/h1-5,14-16,27H,6-13,17H2. The van der Waals surface area contributed by atoms with Gasteiger partial charge >= 0.3 is 0 Å². The second-order valence-electron chi connectivity index (χ2n) is 7.70. The zero-order valence-corrected chi connectivity index (χ0v) is 17.9. The summed E-state index contributed by atoms with van der Waals surface area (Å²) in [5.74, 6) is -2.01. The Balaban J connectivity index is 1.38. The number of carbonyl (C=O) groups is 1. The van der Waals surface area contributed by atoms with Gasteiger partial charge in [0.05, 0.1) is 31.9 Å². The first kappa shape index (κ1) is 22.4. The highest BCUT2D eigenvalue weighted by Gasteiger charge is 2.23. The molecule has 0 bridgehead atoms. The number of nitrogens with zero attached hydrogens (tertiary/aromatic N) is 2. The van der Waals surface area contributed by atoms with Crippen molar-refractivity contribution in [3.8, 4) is 0 Å². The smallest absolute Gasteiger partial charge is 0.270 e. The molecule has 170 valence electrons. The van der Waals surface area contributed by atoms with Gasteiger partial charge in [-0.15, -0.1) is 0 Å². The lowest BCUT2D eigenvalue weighted by atomic mass is 10.2. The molecule has 2 heterocycles. The number of hydrogen-bond acceptors (Lipinski definition) is 4. The molecule has 1 fully saturated rings. The van der Waals surface area contributed by atoms with Gasteiger partial charge in [0.15, 0.2) is 11.6 Å². The first-order chi connectivity index (χ1) is 15.6. The topological polar surface area (TPSA) is 55.7 Å². The maximum absolute atomic E-state index is 13.9. The van der Waals surface area contributed by atoms with Gasteiger partial charge in [0, 0.05) is 44.2 Å². The Hall–Kier alpha value is -2.81. The van der Waals surface area contributed by atoms with Gasteiger partial charge in [-0.3, -0.25) is 4.79 Å². The van der Waals surface area contributed by atoms with Crippen LogP contribution < -0.4 is 5.32 Å². The molecule has 0 unspecified atom stereocenters. The van der Waals surface area contributed by atoms with Crippen molar-refractivity contribution in [1.29, 1.82) is 0 Å². The van der Waals surface area contributed by atoms with E-state index in [1.165, 1.54) is 0 Å². The molecule has 0 atom stereocenters. The number of amides is 1. The predicted molar refractivity (Wildman–Crippen MR) is 118 cm³/mol. The molecular weight excluding hydrogens is 416 g/mol. The van der Waals surface area contributed by atoms with Crippen LogP contribution in [0.3, 0.4) is 0 Å². The third-order valence-electron chi connectivity index (χ3n) is 5.51. The molecule has 3 aromatic rings. The van der Waals surface area contributed by atoms with E-state index < -0.39 is 11.6 Å². The maximum atomic E-state index is 13.9. The minimum atomic E-state index is -0.937. The van der Waals surface area contributed by atoms with Crippen LogP contribution in [0.15, 0.2) is 48.5 Å². The van der Waals surface area contributed by atoms with Gasteiger partial charge in [-0.1, -0.05) is 30.3 Å². The van der Waals surface area contributed by atoms with Crippen LogP contribution in [0.4, 0.5) is 8.78 Å². The van der Waals surface area contributed by atoms with E-state index in [2.05, 4.69) is 5.32 Å². The Labute approximate surface area is 185 Å². The van der Waals surface area contributed by atoms with Gasteiger partial charge < -0.3 is 24.3 Å². The Kier molecular flexibility index (Phi) is 7.47.